The Morgan fingerprint density at radius 1 is 1.40 bits per heavy atom. The number of hydrogen-bond acceptors (Lipinski definition) is 2. The fraction of sp³-hybridized carbons (Fsp3) is 0.625. The summed E-state index contributed by atoms with van der Waals surface area (Å²) in [6.45, 7) is 0. The first-order chi connectivity index (χ1) is 4.86. The molecule has 0 aromatic carbocycles. The molecule has 0 saturated heterocycles. The van der Waals surface area contributed by atoms with E-state index >= 15 is 0 Å². The highest BCUT2D eigenvalue weighted by Gasteiger charge is 2.15. The van der Waals surface area contributed by atoms with Crippen LogP contribution < -0.4 is 0 Å². The molecule has 1 saturated carbocycles. The summed E-state index contributed by atoms with van der Waals surface area (Å²) in [5, 5.41) is 0. The van der Waals surface area contributed by atoms with Crippen molar-refractivity contribution >= 4 is 12.2 Å². The van der Waals surface area contributed by atoms with Gasteiger partial charge in [-0.2, -0.15) is 0 Å². The molecular formula is C8H10O2. The second-order valence-electron chi connectivity index (χ2n) is 2.68. The largest absolute Gasteiger partial charge is 0.303 e. The predicted octanol–water partition coefficient (Wildman–Crippen LogP) is 1.13. The van der Waals surface area contributed by atoms with Crippen LogP contribution in [0.4, 0.5) is 0 Å². The van der Waals surface area contributed by atoms with Crippen molar-refractivity contribution in [2.24, 2.45) is 5.92 Å². The zero-order valence-electron chi connectivity index (χ0n) is 5.80. The zero-order chi connectivity index (χ0) is 7.40. The lowest BCUT2D eigenvalue weighted by atomic mass is 9.88. The maximum Gasteiger partial charge on any atom is 0.123 e. The van der Waals surface area contributed by atoms with Gasteiger partial charge in [-0.3, -0.25) is 0 Å². The molecule has 0 bridgehead atoms. The molecule has 1 rings (SSSR count). The minimum atomic E-state index is 0.192. The van der Waals surface area contributed by atoms with Gasteiger partial charge in [-0.25, -0.2) is 4.79 Å². The number of carbonyl (C=O) groups is 1. The van der Waals surface area contributed by atoms with E-state index in [0.29, 0.717) is 0 Å². The zero-order valence-corrected chi connectivity index (χ0v) is 5.80. The van der Waals surface area contributed by atoms with Gasteiger partial charge in [-0.15, -0.1) is 0 Å². The molecule has 54 valence electrons. The van der Waals surface area contributed by atoms with Gasteiger partial charge >= 0.3 is 0 Å². The molecule has 0 aromatic heterocycles. The maximum atomic E-state index is 10.2. The average molecular weight is 138 g/mol. The maximum absolute atomic E-state index is 10.2. The van der Waals surface area contributed by atoms with E-state index in [4.69, 9.17) is 0 Å². The van der Waals surface area contributed by atoms with Crippen molar-refractivity contribution in [3.63, 3.8) is 0 Å². The molecule has 2 heteroatoms. The van der Waals surface area contributed by atoms with E-state index in [1.807, 2.05) is 5.94 Å². The summed E-state index contributed by atoms with van der Waals surface area (Å²) >= 11 is 0. The summed E-state index contributed by atoms with van der Waals surface area (Å²) in [7, 11) is 0. The molecule has 0 aliphatic heterocycles. The van der Waals surface area contributed by atoms with Crippen LogP contribution in [0.2, 0.25) is 0 Å². The molecule has 0 atom stereocenters. The molecular weight excluding hydrogens is 128 g/mol. The lowest BCUT2D eigenvalue weighted by Crippen LogP contribution is -2.08. The first-order valence-corrected chi connectivity index (χ1v) is 3.55. The monoisotopic (exact) mass is 138 g/mol. The van der Waals surface area contributed by atoms with Gasteiger partial charge < -0.3 is 4.79 Å². The molecule has 0 heterocycles. The van der Waals surface area contributed by atoms with Crippen molar-refractivity contribution in [2.75, 3.05) is 0 Å². The van der Waals surface area contributed by atoms with Crippen molar-refractivity contribution in [2.45, 2.75) is 25.7 Å². The summed E-state index contributed by atoms with van der Waals surface area (Å²) in [4.78, 5) is 20.4. The van der Waals surface area contributed by atoms with E-state index in [1.54, 1.807) is 0 Å². The number of aldehydes is 1. The standard InChI is InChI=1S/C8H10O2/c9-5-7-1-2-8(6-10)4-3-7/h5,7H,1-4H2. The van der Waals surface area contributed by atoms with Gasteiger partial charge in [-0.05, 0) is 25.7 Å². The number of rotatable bonds is 1. The Balaban J connectivity index is 2.45. The second-order valence-corrected chi connectivity index (χ2v) is 2.68. The first-order valence-electron chi connectivity index (χ1n) is 3.55. The SMILES string of the molecule is O=C=C1CCC(C=O)CC1. The Morgan fingerprint density at radius 3 is 2.40 bits per heavy atom. The Bertz CT molecular complexity index is 168. The third-order valence-electron chi connectivity index (χ3n) is 1.97. The van der Waals surface area contributed by atoms with E-state index < -0.39 is 0 Å². The molecule has 0 amide bonds. The van der Waals surface area contributed by atoms with E-state index in [-0.39, 0.29) is 5.92 Å². The third kappa shape index (κ3) is 1.55. The van der Waals surface area contributed by atoms with Crippen LogP contribution in [-0.2, 0) is 9.59 Å². The Kier molecular flexibility index (Phi) is 2.41. The Hall–Kier alpha value is -0.880. The van der Waals surface area contributed by atoms with Gasteiger partial charge in [-0.1, -0.05) is 0 Å². The fourth-order valence-electron chi connectivity index (χ4n) is 1.23. The topological polar surface area (TPSA) is 34.1 Å². The predicted molar refractivity (Wildman–Crippen MR) is 37.2 cm³/mol. The van der Waals surface area contributed by atoms with Crippen molar-refractivity contribution in [1.29, 1.82) is 0 Å². The van der Waals surface area contributed by atoms with Crippen molar-refractivity contribution in [1.82, 2.24) is 0 Å². The molecule has 0 unspecified atom stereocenters. The van der Waals surface area contributed by atoms with E-state index in [2.05, 4.69) is 0 Å². The van der Waals surface area contributed by atoms with Gasteiger partial charge in [0.15, 0.2) is 0 Å². The molecule has 0 aromatic rings. The molecule has 1 aliphatic carbocycles. The van der Waals surface area contributed by atoms with Crippen molar-refractivity contribution < 1.29 is 9.59 Å². The lowest BCUT2D eigenvalue weighted by Gasteiger charge is -2.15. The molecule has 0 spiro atoms. The molecule has 10 heavy (non-hydrogen) atoms. The van der Waals surface area contributed by atoms with Crippen LogP contribution in [0, 0.1) is 5.92 Å². The highest BCUT2D eigenvalue weighted by Crippen LogP contribution is 2.24. The lowest BCUT2D eigenvalue weighted by molar-refractivity contribution is -0.111. The van der Waals surface area contributed by atoms with Crippen LogP contribution in [0.25, 0.3) is 0 Å². The number of hydrogen-bond donors (Lipinski definition) is 0. The molecule has 1 aliphatic rings. The normalized spacial score (nSPS) is 25.6. The highest BCUT2D eigenvalue weighted by molar-refractivity contribution is 5.57. The molecule has 1 fully saturated rings. The molecule has 0 N–H and O–H groups in total. The Morgan fingerprint density at radius 2 is 2.00 bits per heavy atom. The average Bonchev–Trinajstić information content (AvgIpc) is 2.05. The molecule has 2 nitrogen and oxygen atoms in total. The van der Waals surface area contributed by atoms with Crippen LogP contribution in [0.15, 0.2) is 5.57 Å². The van der Waals surface area contributed by atoms with Gasteiger partial charge in [0.2, 0.25) is 0 Å². The molecule has 0 radical (unpaired) electrons. The van der Waals surface area contributed by atoms with E-state index in [9.17, 15) is 9.59 Å². The third-order valence-corrected chi connectivity index (χ3v) is 1.97. The minimum absolute atomic E-state index is 0.192. The summed E-state index contributed by atoms with van der Waals surface area (Å²) in [6, 6.07) is 0. The van der Waals surface area contributed by atoms with Crippen LogP contribution in [0.1, 0.15) is 25.7 Å². The summed E-state index contributed by atoms with van der Waals surface area (Å²) in [5.41, 5.74) is 0.845. The summed E-state index contributed by atoms with van der Waals surface area (Å²) in [6.07, 6.45) is 4.21. The van der Waals surface area contributed by atoms with E-state index in [1.165, 1.54) is 0 Å². The Labute approximate surface area is 59.9 Å². The summed E-state index contributed by atoms with van der Waals surface area (Å²) in [5.74, 6) is 2.09. The van der Waals surface area contributed by atoms with Gasteiger partial charge in [0.05, 0.1) is 0 Å². The van der Waals surface area contributed by atoms with Crippen LogP contribution in [0.3, 0.4) is 0 Å². The quantitative estimate of drug-likeness (QED) is 0.402. The van der Waals surface area contributed by atoms with Crippen LogP contribution in [-0.4, -0.2) is 12.2 Å². The van der Waals surface area contributed by atoms with E-state index in [0.717, 1.165) is 37.5 Å². The second kappa shape index (κ2) is 3.33. The van der Waals surface area contributed by atoms with Gasteiger partial charge in [0.25, 0.3) is 0 Å². The first kappa shape index (κ1) is 7.23. The summed E-state index contributed by atoms with van der Waals surface area (Å²) < 4.78 is 0. The van der Waals surface area contributed by atoms with Gasteiger partial charge in [0.1, 0.15) is 12.2 Å². The minimum Gasteiger partial charge on any atom is -0.303 e. The highest BCUT2D eigenvalue weighted by atomic mass is 16.1. The number of allylic oxidation sites excluding steroid dienone is 1. The van der Waals surface area contributed by atoms with Crippen LogP contribution >= 0.6 is 0 Å². The van der Waals surface area contributed by atoms with Crippen molar-refractivity contribution in [3.05, 3.63) is 5.57 Å². The van der Waals surface area contributed by atoms with Crippen molar-refractivity contribution in [3.8, 4) is 0 Å². The van der Waals surface area contributed by atoms with Gasteiger partial charge in [0, 0.05) is 11.5 Å². The smallest absolute Gasteiger partial charge is 0.123 e. The fourth-order valence-corrected chi connectivity index (χ4v) is 1.23. The van der Waals surface area contributed by atoms with Crippen LogP contribution in [0.5, 0.6) is 0 Å². The number of carbonyl (C=O) groups excluding carboxylic acids is 2.